The molecule has 6 nitrogen and oxygen atoms in total. The van der Waals surface area contributed by atoms with Crippen LogP contribution >= 0.6 is 11.6 Å². The third kappa shape index (κ3) is 3.12. The molecule has 0 fully saturated rings. The molecule has 0 saturated carbocycles. The zero-order valence-electron chi connectivity index (χ0n) is 13.3. The molecule has 0 atom stereocenters. The lowest BCUT2D eigenvalue weighted by Crippen LogP contribution is -2.38. The zero-order chi connectivity index (χ0) is 18.2. The molecule has 1 N–H and O–H groups in total. The maximum absolute atomic E-state index is 12.6. The van der Waals surface area contributed by atoms with E-state index in [0.717, 1.165) is 4.31 Å². The largest absolute Gasteiger partial charge is 0.350 e. The number of fused-ring (bicyclic) bond motifs is 1. The van der Waals surface area contributed by atoms with Crippen molar-refractivity contribution < 1.29 is 18.0 Å². The summed E-state index contributed by atoms with van der Waals surface area (Å²) in [6.45, 7) is 1.53. The van der Waals surface area contributed by atoms with Gasteiger partial charge in [-0.25, -0.2) is 12.7 Å². The van der Waals surface area contributed by atoms with Gasteiger partial charge < -0.3 is 5.32 Å². The fourth-order valence-electron chi connectivity index (χ4n) is 2.71. The smallest absolute Gasteiger partial charge is 0.269 e. The molecular weight excluding hydrogens is 364 g/mol. The molecule has 2 amide bonds. The molecule has 0 radical (unpaired) electrons. The van der Waals surface area contributed by atoms with E-state index in [2.05, 4.69) is 5.32 Å². The number of amides is 2. The molecule has 25 heavy (non-hydrogen) atoms. The average molecular weight is 379 g/mol. The maximum atomic E-state index is 12.6. The molecular formula is C17H15ClN2O4S. The van der Waals surface area contributed by atoms with Crippen molar-refractivity contribution in [1.29, 1.82) is 0 Å². The van der Waals surface area contributed by atoms with Crippen LogP contribution in [0.5, 0.6) is 0 Å². The Bertz CT molecular complexity index is 955. The van der Waals surface area contributed by atoms with Crippen LogP contribution in [0.15, 0.2) is 47.4 Å². The second-order valence-electron chi connectivity index (χ2n) is 5.60. The number of rotatable bonds is 4. The first-order valence-electron chi connectivity index (χ1n) is 7.53. The van der Waals surface area contributed by atoms with Gasteiger partial charge in [0, 0.05) is 17.1 Å². The van der Waals surface area contributed by atoms with Crippen molar-refractivity contribution in [1.82, 2.24) is 9.62 Å². The van der Waals surface area contributed by atoms with Crippen LogP contribution in [0.3, 0.4) is 0 Å². The Morgan fingerprint density at radius 3 is 2.48 bits per heavy atom. The standard InChI is InChI=1S/C17H15ClN2O4S/c1-11-3-2-4-14-15(11)25(23,24)20(17(14)22)10-9-19-16(21)12-5-7-13(18)8-6-12/h2-8H,9-10H2,1H3,(H,19,21). The minimum atomic E-state index is -3.88. The van der Waals surface area contributed by atoms with Gasteiger partial charge in [-0.3, -0.25) is 9.59 Å². The average Bonchev–Trinajstić information content (AvgIpc) is 2.76. The van der Waals surface area contributed by atoms with Gasteiger partial charge in [-0.05, 0) is 42.8 Å². The summed E-state index contributed by atoms with van der Waals surface area (Å²) in [5, 5.41) is 3.12. The number of carbonyl (C=O) groups excluding carboxylic acids is 2. The molecule has 1 aliphatic rings. The quantitative estimate of drug-likeness (QED) is 0.884. The Morgan fingerprint density at radius 2 is 1.84 bits per heavy atom. The molecule has 3 rings (SSSR count). The number of nitrogens with one attached hydrogen (secondary N) is 1. The summed E-state index contributed by atoms with van der Waals surface area (Å²) in [5.74, 6) is -0.936. The summed E-state index contributed by atoms with van der Waals surface area (Å²) in [4.78, 5) is 24.5. The minimum absolute atomic E-state index is 0.0134. The van der Waals surface area contributed by atoms with Crippen LogP contribution in [0, 0.1) is 6.92 Å². The van der Waals surface area contributed by atoms with E-state index < -0.39 is 15.9 Å². The lowest BCUT2D eigenvalue weighted by molar-refractivity contribution is 0.0859. The molecule has 8 heteroatoms. The number of hydrogen-bond acceptors (Lipinski definition) is 4. The Labute approximate surface area is 150 Å². The Morgan fingerprint density at radius 1 is 1.16 bits per heavy atom. The molecule has 1 heterocycles. The molecule has 0 aromatic heterocycles. The van der Waals surface area contributed by atoms with Crippen LogP contribution in [-0.2, 0) is 10.0 Å². The lowest BCUT2D eigenvalue weighted by atomic mass is 10.1. The Balaban J connectivity index is 1.70. The summed E-state index contributed by atoms with van der Waals surface area (Å²) in [6, 6.07) is 11.1. The van der Waals surface area contributed by atoms with Crippen molar-refractivity contribution >= 4 is 33.4 Å². The van der Waals surface area contributed by atoms with E-state index in [9.17, 15) is 18.0 Å². The minimum Gasteiger partial charge on any atom is -0.350 e. The van der Waals surface area contributed by atoms with Crippen LogP contribution in [0.25, 0.3) is 0 Å². The van der Waals surface area contributed by atoms with E-state index in [1.165, 1.54) is 6.07 Å². The normalized spacial score (nSPS) is 15.1. The summed E-state index contributed by atoms with van der Waals surface area (Å²) in [5.41, 5.74) is 1.10. The zero-order valence-corrected chi connectivity index (χ0v) is 14.9. The molecule has 0 bridgehead atoms. The van der Waals surface area contributed by atoms with Gasteiger partial charge in [-0.15, -0.1) is 0 Å². The Hall–Kier alpha value is -2.38. The topological polar surface area (TPSA) is 83.6 Å². The molecule has 0 spiro atoms. The number of sulfonamides is 1. The first kappa shape index (κ1) is 17.4. The first-order chi connectivity index (χ1) is 11.8. The van der Waals surface area contributed by atoms with Crippen molar-refractivity contribution in [3.8, 4) is 0 Å². The summed E-state index contributed by atoms with van der Waals surface area (Å²) in [7, 11) is -3.88. The second kappa shape index (κ2) is 6.50. The van der Waals surface area contributed by atoms with Crippen molar-refractivity contribution in [2.24, 2.45) is 0 Å². The highest BCUT2D eigenvalue weighted by atomic mass is 35.5. The van der Waals surface area contributed by atoms with Crippen LogP contribution in [-0.4, -0.2) is 37.6 Å². The highest BCUT2D eigenvalue weighted by molar-refractivity contribution is 7.90. The fraction of sp³-hybridized carbons (Fsp3) is 0.176. The number of hydrogen-bond donors (Lipinski definition) is 1. The van der Waals surface area contributed by atoms with Crippen molar-refractivity contribution in [3.63, 3.8) is 0 Å². The first-order valence-corrected chi connectivity index (χ1v) is 9.34. The predicted molar refractivity (Wildman–Crippen MR) is 93.2 cm³/mol. The predicted octanol–water partition coefficient (Wildman–Crippen LogP) is 2.22. The molecule has 1 aliphatic heterocycles. The molecule has 2 aromatic rings. The van der Waals surface area contributed by atoms with Gasteiger partial charge in [-0.1, -0.05) is 23.7 Å². The number of halogens is 1. The maximum Gasteiger partial charge on any atom is 0.269 e. The summed E-state index contributed by atoms with van der Waals surface area (Å²) >= 11 is 5.77. The molecule has 2 aromatic carbocycles. The van der Waals surface area contributed by atoms with E-state index in [-0.39, 0.29) is 29.5 Å². The summed E-state index contributed by atoms with van der Waals surface area (Å²) in [6.07, 6.45) is 0. The monoisotopic (exact) mass is 378 g/mol. The molecule has 0 unspecified atom stereocenters. The Kier molecular flexibility index (Phi) is 4.53. The van der Waals surface area contributed by atoms with Gasteiger partial charge in [0.25, 0.3) is 21.8 Å². The van der Waals surface area contributed by atoms with Crippen molar-refractivity contribution in [2.75, 3.05) is 13.1 Å². The van der Waals surface area contributed by atoms with E-state index in [0.29, 0.717) is 16.1 Å². The van der Waals surface area contributed by atoms with Crippen molar-refractivity contribution in [3.05, 3.63) is 64.2 Å². The van der Waals surface area contributed by atoms with Gasteiger partial charge in [0.2, 0.25) is 0 Å². The van der Waals surface area contributed by atoms with Crippen LogP contribution < -0.4 is 5.32 Å². The van der Waals surface area contributed by atoms with Gasteiger partial charge in [0.05, 0.1) is 12.1 Å². The van der Waals surface area contributed by atoms with Crippen LogP contribution in [0.2, 0.25) is 5.02 Å². The van der Waals surface area contributed by atoms with Crippen molar-refractivity contribution in [2.45, 2.75) is 11.8 Å². The van der Waals surface area contributed by atoms with Gasteiger partial charge in [0.15, 0.2) is 0 Å². The van der Waals surface area contributed by atoms with E-state index >= 15 is 0 Å². The molecule has 0 aliphatic carbocycles. The van der Waals surface area contributed by atoms with Gasteiger partial charge >= 0.3 is 0 Å². The van der Waals surface area contributed by atoms with Gasteiger partial charge in [0.1, 0.15) is 4.90 Å². The number of nitrogens with zero attached hydrogens (tertiary/aromatic N) is 1. The third-order valence-electron chi connectivity index (χ3n) is 3.92. The SMILES string of the molecule is Cc1cccc2c1S(=O)(=O)N(CCNC(=O)c1ccc(Cl)cc1)C2=O. The van der Waals surface area contributed by atoms with Crippen LogP contribution in [0.4, 0.5) is 0 Å². The van der Waals surface area contributed by atoms with E-state index in [1.54, 1.807) is 43.3 Å². The molecule has 0 saturated heterocycles. The summed E-state index contributed by atoms with van der Waals surface area (Å²) < 4.78 is 26.0. The third-order valence-corrected chi connectivity index (χ3v) is 6.16. The highest BCUT2D eigenvalue weighted by Crippen LogP contribution is 2.32. The lowest BCUT2D eigenvalue weighted by Gasteiger charge is -2.15. The second-order valence-corrected chi connectivity index (χ2v) is 7.83. The number of carbonyl (C=O) groups is 2. The van der Waals surface area contributed by atoms with Crippen LogP contribution in [0.1, 0.15) is 26.3 Å². The van der Waals surface area contributed by atoms with E-state index in [1.807, 2.05) is 0 Å². The molecule has 130 valence electrons. The van der Waals surface area contributed by atoms with Gasteiger partial charge in [-0.2, -0.15) is 0 Å². The number of benzene rings is 2. The fourth-order valence-corrected chi connectivity index (χ4v) is 4.62. The highest BCUT2D eigenvalue weighted by Gasteiger charge is 2.41. The van der Waals surface area contributed by atoms with E-state index in [4.69, 9.17) is 11.6 Å². The number of aryl methyl sites for hydroxylation is 1.